The van der Waals surface area contributed by atoms with Crippen molar-refractivity contribution in [2.75, 3.05) is 26.2 Å². The second kappa shape index (κ2) is 8.12. The average molecular weight is 212 g/mol. The molecule has 0 amide bonds. The van der Waals surface area contributed by atoms with Crippen molar-refractivity contribution in [1.29, 1.82) is 0 Å². The Kier molecular flexibility index (Phi) is 7.03. The van der Waals surface area contributed by atoms with Gasteiger partial charge in [-0.15, -0.1) is 0 Å². The summed E-state index contributed by atoms with van der Waals surface area (Å²) in [5, 5.41) is 0. The minimum Gasteiger partial charge on any atom is -0.330 e. The number of nitrogens with two attached hydrogens (primary N) is 1. The molecule has 2 nitrogen and oxygen atoms in total. The van der Waals surface area contributed by atoms with Crippen molar-refractivity contribution >= 4 is 0 Å². The summed E-state index contributed by atoms with van der Waals surface area (Å²) in [5.74, 6) is 0.827. The molecule has 0 aliphatic carbocycles. The predicted molar refractivity (Wildman–Crippen MR) is 67.0 cm³/mol. The fraction of sp³-hybridized carbons (Fsp3) is 1.00. The quantitative estimate of drug-likeness (QED) is 0.759. The molecule has 0 aromatic rings. The SMILES string of the molecule is CC(CCCN)CN1CCCCCCC1. The van der Waals surface area contributed by atoms with E-state index in [2.05, 4.69) is 11.8 Å². The highest BCUT2D eigenvalue weighted by atomic mass is 15.1. The first-order valence-electron chi connectivity index (χ1n) is 6.75. The van der Waals surface area contributed by atoms with Gasteiger partial charge in [0.15, 0.2) is 0 Å². The topological polar surface area (TPSA) is 29.3 Å². The van der Waals surface area contributed by atoms with Gasteiger partial charge in [0.25, 0.3) is 0 Å². The molecule has 1 heterocycles. The molecule has 2 heteroatoms. The highest BCUT2D eigenvalue weighted by molar-refractivity contribution is 4.66. The number of hydrogen-bond donors (Lipinski definition) is 1. The van der Waals surface area contributed by atoms with Gasteiger partial charge in [-0.1, -0.05) is 26.2 Å². The molecular formula is C13H28N2. The van der Waals surface area contributed by atoms with E-state index in [4.69, 9.17) is 5.73 Å². The molecule has 0 aromatic heterocycles. The molecule has 1 fully saturated rings. The second-order valence-electron chi connectivity index (χ2n) is 5.10. The van der Waals surface area contributed by atoms with Crippen LogP contribution in [0, 0.1) is 5.92 Å². The van der Waals surface area contributed by atoms with Crippen LogP contribution in [0.1, 0.15) is 51.9 Å². The Morgan fingerprint density at radius 2 is 1.67 bits per heavy atom. The van der Waals surface area contributed by atoms with E-state index in [1.807, 2.05) is 0 Å². The van der Waals surface area contributed by atoms with Gasteiger partial charge in [0.1, 0.15) is 0 Å². The zero-order chi connectivity index (χ0) is 10.9. The van der Waals surface area contributed by atoms with Crippen LogP contribution in [-0.2, 0) is 0 Å². The van der Waals surface area contributed by atoms with Crippen LogP contribution in [0.5, 0.6) is 0 Å². The number of rotatable bonds is 5. The first-order chi connectivity index (χ1) is 7.33. The highest BCUT2D eigenvalue weighted by Crippen LogP contribution is 2.13. The molecule has 0 spiro atoms. The number of nitrogens with zero attached hydrogens (tertiary/aromatic N) is 1. The molecule has 90 valence electrons. The van der Waals surface area contributed by atoms with Gasteiger partial charge in [-0.05, 0) is 51.2 Å². The lowest BCUT2D eigenvalue weighted by atomic mass is 10.0. The number of hydrogen-bond acceptors (Lipinski definition) is 2. The van der Waals surface area contributed by atoms with Crippen LogP contribution in [0.3, 0.4) is 0 Å². The van der Waals surface area contributed by atoms with Crippen molar-refractivity contribution in [3.8, 4) is 0 Å². The van der Waals surface area contributed by atoms with Gasteiger partial charge < -0.3 is 10.6 Å². The van der Waals surface area contributed by atoms with Crippen LogP contribution >= 0.6 is 0 Å². The molecule has 0 aromatic carbocycles. The summed E-state index contributed by atoms with van der Waals surface area (Å²) in [4.78, 5) is 2.67. The lowest BCUT2D eigenvalue weighted by Gasteiger charge is -2.27. The van der Waals surface area contributed by atoms with E-state index in [1.165, 1.54) is 64.6 Å². The van der Waals surface area contributed by atoms with Gasteiger partial charge >= 0.3 is 0 Å². The molecule has 15 heavy (non-hydrogen) atoms. The van der Waals surface area contributed by atoms with Crippen LogP contribution in [0.2, 0.25) is 0 Å². The molecular weight excluding hydrogens is 184 g/mol. The van der Waals surface area contributed by atoms with Crippen molar-refractivity contribution in [2.45, 2.75) is 51.9 Å². The molecule has 1 rings (SSSR count). The van der Waals surface area contributed by atoms with Gasteiger partial charge in [-0.2, -0.15) is 0 Å². The van der Waals surface area contributed by atoms with Crippen LogP contribution in [0.4, 0.5) is 0 Å². The Balaban J connectivity index is 2.16. The van der Waals surface area contributed by atoms with Gasteiger partial charge in [-0.25, -0.2) is 0 Å². The Hall–Kier alpha value is -0.0800. The molecule has 1 aliphatic rings. The smallest absolute Gasteiger partial charge is 0.000703 e. The Morgan fingerprint density at radius 3 is 2.27 bits per heavy atom. The Labute approximate surface area is 95.2 Å². The van der Waals surface area contributed by atoms with Gasteiger partial charge in [0, 0.05) is 6.54 Å². The summed E-state index contributed by atoms with van der Waals surface area (Å²) in [6, 6.07) is 0. The molecule has 1 saturated heterocycles. The van der Waals surface area contributed by atoms with Gasteiger partial charge in [0.05, 0.1) is 0 Å². The second-order valence-corrected chi connectivity index (χ2v) is 5.10. The number of likely N-dealkylation sites (tertiary alicyclic amines) is 1. The standard InChI is InChI=1S/C13H28N2/c1-13(8-7-9-14)12-15-10-5-3-2-4-6-11-15/h13H,2-12,14H2,1H3. The summed E-state index contributed by atoms with van der Waals surface area (Å²) in [5.41, 5.74) is 5.54. The molecule has 1 unspecified atom stereocenters. The fourth-order valence-electron chi connectivity index (χ4n) is 2.49. The third kappa shape index (κ3) is 6.16. The zero-order valence-corrected chi connectivity index (χ0v) is 10.4. The largest absolute Gasteiger partial charge is 0.330 e. The van der Waals surface area contributed by atoms with Gasteiger partial charge in [-0.3, -0.25) is 0 Å². The van der Waals surface area contributed by atoms with Crippen LogP contribution < -0.4 is 5.73 Å². The van der Waals surface area contributed by atoms with E-state index < -0.39 is 0 Å². The lowest BCUT2D eigenvalue weighted by molar-refractivity contribution is 0.212. The monoisotopic (exact) mass is 212 g/mol. The maximum absolute atomic E-state index is 5.54. The molecule has 0 bridgehead atoms. The molecule has 1 aliphatic heterocycles. The first-order valence-corrected chi connectivity index (χ1v) is 6.75. The Bertz CT molecular complexity index is 139. The minimum atomic E-state index is 0.827. The average Bonchev–Trinajstić information content (AvgIpc) is 2.19. The maximum Gasteiger partial charge on any atom is 0.000703 e. The van der Waals surface area contributed by atoms with Crippen molar-refractivity contribution in [3.05, 3.63) is 0 Å². The van der Waals surface area contributed by atoms with Crippen molar-refractivity contribution < 1.29 is 0 Å². The lowest BCUT2D eigenvalue weighted by Crippen LogP contribution is -2.31. The van der Waals surface area contributed by atoms with Gasteiger partial charge in [0.2, 0.25) is 0 Å². The fourth-order valence-corrected chi connectivity index (χ4v) is 2.49. The van der Waals surface area contributed by atoms with E-state index in [0.717, 1.165) is 12.5 Å². The predicted octanol–water partition coefficient (Wildman–Crippen LogP) is 2.63. The van der Waals surface area contributed by atoms with Crippen LogP contribution in [0.15, 0.2) is 0 Å². The van der Waals surface area contributed by atoms with E-state index in [-0.39, 0.29) is 0 Å². The summed E-state index contributed by atoms with van der Waals surface area (Å²) in [7, 11) is 0. The molecule has 0 radical (unpaired) electrons. The van der Waals surface area contributed by atoms with E-state index in [0.29, 0.717) is 0 Å². The van der Waals surface area contributed by atoms with Crippen molar-refractivity contribution in [3.63, 3.8) is 0 Å². The highest BCUT2D eigenvalue weighted by Gasteiger charge is 2.11. The maximum atomic E-state index is 5.54. The van der Waals surface area contributed by atoms with Crippen LogP contribution in [0.25, 0.3) is 0 Å². The van der Waals surface area contributed by atoms with E-state index >= 15 is 0 Å². The normalized spacial score (nSPS) is 22.0. The summed E-state index contributed by atoms with van der Waals surface area (Å²) >= 11 is 0. The molecule has 0 saturated carbocycles. The molecule has 1 atom stereocenters. The summed E-state index contributed by atoms with van der Waals surface area (Å²) < 4.78 is 0. The Morgan fingerprint density at radius 1 is 1.07 bits per heavy atom. The third-order valence-electron chi connectivity index (χ3n) is 3.42. The first kappa shape index (κ1) is 13.0. The molecule has 2 N–H and O–H groups in total. The minimum absolute atomic E-state index is 0.827. The van der Waals surface area contributed by atoms with Crippen molar-refractivity contribution in [2.24, 2.45) is 11.7 Å². The van der Waals surface area contributed by atoms with E-state index in [1.54, 1.807) is 0 Å². The van der Waals surface area contributed by atoms with Crippen molar-refractivity contribution in [1.82, 2.24) is 4.90 Å². The third-order valence-corrected chi connectivity index (χ3v) is 3.42. The summed E-state index contributed by atoms with van der Waals surface area (Å²) in [6.45, 7) is 7.17. The summed E-state index contributed by atoms with van der Waals surface area (Å²) in [6.07, 6.45) is 9.63. The van der Waals surface area contributed by atoms with Crippen LogP contribution in [-0.4, -0.2) is 31.1 Å². The van der Waals surface area contributed by atoms with E-state index in [9.17, 15) is 0 Å². The zero-order valence-electron chi connectivity index (χ0n) is 10.4.